The molecular weight excluding hydrogens is 227 g/mol. The highest BCUT2D eigenvalue weighted by Gasteiger charge is 2.17. The third-order valence-electron chi connectivity index (χ3n) is 2.20. The molecule has 0 fully saturated rings. The molecule has 0 unspecified atom stereocenters. The van der Waals surface area contributed by atoms with Crippen molar-refractivity contribution in [1.82, 2.24) is 10.2 Å². The first kappa shape index (κ1) is 13.0. The Hall–Kier alpha value is -2.11. The van der Waals surface area contributed by atoms with Gasteiger partial charge >= 0.3 is 0 Å². The van der Waals surface area contributed by atoms with Gasteiger partial charge in [0.1, 0.15) is 11.6 Å². The summed E-state index contributed by atoms with van der Waals surface area (Å²) in [6, 6.07) is 3.09. The van der Waals surface area contributed by atoms with Gasteiger partial charge in [-0.3, -0.25) is 9.59 Å². The summed E-state index contributed by atoms with van der Waals surface area (Å²) in [6.07, 6.45) is 0. The zero-order valence-corrected chi connectivity index (χ0v) is 9.53. The second-order valence-corrected chi connectivity index (χ2v) is 3.50. The average Bonchev–Trinajstić information content (AvgIpc) is 2.28. The van der Waals surface area contributed by atoms with Crippen molar-refractivity contribution in [2.75, 3.05) is 20.6 Å². The van der Waals surface area contributed by atoms with Crippen LogP contribution in [-0.4, -0.2) is 42.5 Å². The van der Waals surface area contributed by atoms with E-state index in [1.807, 2.05) is 0 Å². The Labute approximate surface area is 97.8 Å². The van der Waals surface area contributed by atoms with Crippen LogP contribution in [0, 0.1) is 5.82 Å². The standard InChI is InChI=1S/C11H13FN2O3/c1-13-10(16)6-14(2)11(17)8-4-3-7(12)5-9(8)15/h3-5,15H,6H2,1-2H3,(H,13,16). The lowest BCUT2D eigenvalue weighted by atomic mass is 10.1. The molecule has 2 N–H and O–H groups in total. The number of hydrogen-bond acceptors (Lipinski definition) is 3. The zero-order valence-electron chi connectivity index (χ0n) is 9.53. The van der Waals surface area contributed by atoms with E-state index in [2.05, 4.69) is 5.32 Å². The summed E-state index contributed by atoms with van der Waals surface area (Å²) < 4.78 is 12.7. The van der Waals surface area contributed by atoms with Gasteiger partial charge in [0.05, 0.1) is 12.1 Å². The normalized spacial score (nSPS) is 9.82. The topological polar surface area (TPSA) is 69.6 Å². The van der Waals surface area contributed by atoms with E-state index in [0.29, 0.717) is 0 Å². The first-order valence-electron chi connectivity index (χ1n) is 4.90. The number of hydrogen-bond donors (Lipinski definition) is 2. The van der Waals surface area contributed by atoms with E-state index in [1.54, 1.807) is 0 Å². The fraction of sp³-hybridized carbons (Fsp3) is 0.273. The molecule has 1 aromatic rings. The number of benzene rings is 1. The van der Waals surface area contributed by atoms with Gasteiger partial charge in [-0.1, -0.05) is 0 Å². The van der Waals surface area contributed by atoms with E-state index in [-0.39, 0.29) is 18.0 Å². The van der Waals surface area contributed by atoms with Crippen molar-refractivity contribution in [3.63, 3.8) is 0 Å². The molecule has 0 radical (unpaired) electrons. The van der Waals surface area contributed by atoms with Crippen molar-refractivity contribution < 1.29 is 19.1 Å². The number of rotatable bonds is 3. The molecular formula is C11H13FN2O3. The molecule has 2 amide bonds. The van der Waals surface area contributed by atoms with Gasteiger partial charge in [-0.25, -0.2) is 4.39 Å². The molecule has 17 heavy (non-hydrogen) atoms. The minimum absolute atomic E-state index is 0.0437. The number of halogens is 1. The van der Waals surface area contributed by atoms with Crippen molar-refractivity contribution in [1.29, 1.82) is 0 Å². The first-order valence-corrected chi connectivity index (χ1v) is 4.90. The monoisotopic (exact) mass is 240 g/mol. The van der Waals surface area contributed by atoms with E-state index in [1.165, 1.54) is 20.2 Å². The molecule has 0 atom stereocenters. The second-order valence-electron chi connectivity index (χ2n) is 3.50. The highest BCUT2D eigenvalue weighted by molar-refractivity contribution is 5.98. The molecule has 0 heterocycles. The molecule has 0 aliphatic rings. The third-order valence-corrected chi connectivity index (χ3v) is 2.20. The zero-order chi connectivity index (χ0) is 13.0. The van der Waals surface area contributed by atoms with Crippen molar-refractivity contribution >= 4 is 11.8 Å². The van der Waals surface area contributed by atoms with Crippen LogP contribution in [0.15, 0.2) is 18.2 Å². The van der Waals surface area contributed by atoms with Crippen LogP contribution < -0.4 is 5.32 Å². The maximum absolute atomic E-state index is 12.7. The summed E-state index contributed by atoms with van der Waals surface area (Å²) in [6.45, 7) is -0.133. The number of carbonyl (C=O) groups is 2. The second kappa shape index (κ2) is 5.29. The summed E-state index contributed by atoms with van der Waals surface area (Å²) in [4.78, 5) is 24.0. The Morgan fingerprint density at radius 3 is 2.65 bits per heavy atom. The molecule has 0 saturated carbocycles. The van der Waals surface area contributed by atoms with Gasteiger partial charge in [-0.15, -0.1) is 0 Å². The molecule has 6 heteroatoms. The van der Waals surface area contributed by atoms with Crippen molar-refractivity contribution in [2.45, 2.75) is 0 Å². The SMILES string of the molecule is CNC(=O)CN(C)C(=O)c1ccc(F)cc1O. The van der Waals surface area contributed by atoms with Crippen molar-refractivity contribution in [3.05, 3.63) is 29.6 Å². The van der Waals surface area contributed by atoms with Gasteiger partial charge in [0, 0.05) is 20.2 Å². The highest BCUT2D eigenvalue weighted by atomic mass is 19.1. The smallest absolute Gasteiger partial charge is 0.257 e. The Kier molecular flexibility index (Phi) is 4.03. The molecule has 0 spiro atoms. The molecule has 0 saturated heterocycles. The maximum Gasteiger partial charge on any atom is 0.257 e. The van der Waals surface area contributed by atoms with Crippen LogP contribution in [0.4, 0.5) is 4.39 Å². The average molecular weight is 240 g/mol. The quantitative estimate of drug-likeness (QED) is 0.801. The largest absolute Gasteiger partial charge is 0.507 e. The van der Waals surface area contributed by atoms with E-state index < -0.39 is 17.5 Å². The molecule has 92 valence electrons. The Bertz CT molecular complexity index is 448. The molecule has 1 rings (SSSR count). The molecule has 0 bridgehead atoms. The van der Waals surface area contributed by atoms with E-state index in [9.17, 15) is 19.1 Å². The van der Waals surface area contributed by atoms with Crippen molar-refractivity contribution in [2.24, 2.45) is 0 Å². The van der Waals surface area contributed by atoms with Gasteiger partial charge in [0.25, 0.3) is 5.91 Å². The minimum Gasteiger partial charge on any atom is -0.507 e. The number of carbonyl (C=O) groups excluding carboxylic acids is 2. The van der Waals surface area contributed by atoms with Crippen LogP contribution in [0.3, 0.4) is 0 Å². The Balaban J connectivity index is 2.85. The van der Waals surface area contributed by atoms with Crippen LogP contribution in [-0.2, 0) is 4.79 Å². The minimum atomic E-state index is -0.631. The summed E-state index contributed by atoms with van der Waals surface area (Å²) >= 11 is 0. The fourth-order valence-electron chi connectivity index (χ4n) is 1.26. The first-order chi connectivity index (χ1) is 7.95. The molecule has 0 aliphatic carbocycles. The predicted octanol–water partition coefficient (Wildman–Crippen LogP) is 0.349. The van der Waals surface area contributed by atoms with Gasteiger partial charge in [-0.2, -0.15) is 0 Å². The maximum atomic E-state index is 12.7. The van der Waals surface area contributed by atoms with Crippen molar-refractivity contribution in [3.8, 4) is 5.75 Å². The molecule has 5 nitrogen and oxygen atoms in total. The number of amides is 2. The number of phenolic OH excluding ortho intramolecular Hbond substituents is 1. The van der Waals surface area contributed by atoms with Crippen LogP contribution in [0.2, 0.25) is 0 Å². The highest BCUT2D eigenvalue weighted by Crippen LogP contribution is 2.19. The van der Waals surface area contributed by atoms with Gasteiger partial charge < -0.3 is 15.3 Å². The summed E-state index contributed by atoms with van der Waals surface area (Å²) in [5.74, 6) is -1.96. The lowest BCUT2D eigenvalue weighted by molar-refractivity contribution is -0.121. The van der Waals surface area contributed by atoms with Crippen LogP contribution in [0.1, 0.15) is 10.4 Å². The number of likely N-dealkylation sites (N-methyl/N-ethyl adjacent to an activating group) is 2. The van der Waals surface area contributed by atoms with E-state index in [4.69, 9.17) is 0 Å². The predicted molar refractivity (Wildman–Crippen MR) is 59.1 cm³/mol. The van der Waals surface area contributed by atoms with Crippen LogP contribution in [0.25, 0.3) is 0 Å². The lowest BCUT2D eigenvalue weighted by Gasteiger charge is -2.16. The summed E-state index contributed by atoms with van der Waals surface area (Å²) in [5, 5.41) is 11.8. The van der Waals surface area contributed by atoms with Gasteiger partial charge in [0.15, 0.2) is 0 Å². The molecule has 0 aromatic heterocycles. The number of nitrogens with zero attached hydrogens (tertiary/aromatic N) is 1. The number of aromatic hydroxyl groups is 1. The van der Waals surface area contributed by atoms with Crippen LogP contribution >= 0.6 is 0 Å². The van der Waals surface area contributed by atoms with E-state index >= 15 is 0 Å². The van der Waals surface area contributed by atoms with E-state index in [0.717, 1.165) is 17.0 Å². The summed E-state index contributed by atoms with van der Waals surface area (Å²) in [7, 11) is 2.87. The summed E-state index contributed by atoms with van der Waals surface area (Å²) in [5.41, 5.74) is -0.0437. The Morgan fingerprint density at radius 1 is 1.47 bits per heavy atom. The fourth-order valence-corrected chi connectivity index (χ4v) is 1.26. The third kappa shape index (κ3) is 3.17. The van der Waals surface area contributed by atoms with Gasteiger partial charge in [-0.05, 0) is 12.1 Å². The molecule has 1 aromatic carbocycles. The number of phenols is 1. The number of nitrogens with one attached hydrogen (secondary N) is 1. The van der Waals surface area contributed by atoms with Gasteiger partial charge in [0.2, 0.25) is 5.91 Å². The molecule has 0 aliphatic heterocycles. The lowest BCUT2D eigenvalue weighted by Crippen LogP contribution is -2.36. The van der Waals surface area contributed by atoms with Crippen LogP contribution in [0.5, 0.6) is 5.75 Å². The Morgan fingerprint density at radius 2 is 2.12 bits per heavy atom.